The molecule has 0 unspecified atom stereocenters. The lowest BCUT2D eigenvalue weighted by atomic mass is 10.1. The zero-order valence-electron chi connectivity index (χ0n) is 24.6. The second-order valence-electron chi connectivity index (χ2n) is 10.4. The number of anilines is 1. The van der Waals surface area contributed by atoms with E-state index < -0.39 is 34.3 Å². The third-order valence-electron chi connectivity index (χ3n) is 7.39. The molecule has 0 aromatic heterocycles. The molecule has 0 aliphatic carbocycles. The van der Waals surface area contributed by atoms with Crippen LogP contribution < -0.4 is 9.62 Å². The number of aryl methyl sites for hydroxylation is 2. The second kappa shape index (κ2) is 13.8. The molecule has 3 aromatic carbocycles. The van der Waals surface area contributed by atoms with E-state index in [9.17, 15) is 22.4 Å². The highest BCUT2D eigenvalue weighted by Gasteiger charge is 2.34. The quantitative estimate of drug-likeness (QED) is 0.299. The van der Waals surface area contributed by atoms with Gasteiger partial charge >= 0.3 is 0 Å². The van der Waals surface area contributed by atoms with Gasteiger partial charge in [0.1, 0.15) is 18.4 Å². The zero-order chi connectivity index (χ0) is 30.3. The highest BCUT2D eigenvalue weighted by atomic mass is 32.2. The largest absolute Gasteiger partial charge is 0.352 e. The van der Waals surface area contributed by atoms with E-state index in [0.717, 1.165) is 21.0 Å². The highest BCUT2D eigenvalue weighted by Crippen LogP contribution is 2.29. The summed E-state index contributed by atoms with van der Waals surface area (Å²) in [5.41, 5.74) is 3.51. The Morgan fingerprint density at radius 2 is 1.54 bits per heavy atom. The molecule has 0 bridgehead atoms. The van der Waals surface area contributed by atoms with Gasteiger partial charge in [-0.15, -0.1) is 0 Å². The van der Waals surface area contributed by atoms with Crippen LogP contribution in [0.15, 0.2) is 71.6 Å². The van der Waals surface area contributed by atoms with Gasteiger partial charge in [-0.1, -0.05) is 55.8 Å². The minimum Gasteiger partial charge on any atom is -0.352 e. The molecule has 3 aromatic rings. The highest BCUT2D eigenvalue weighted by molar-refractivity contribution is 7.92. The first-order valence-corrected chi connectivity index (χ1v) is 15.3. The van der Waals surface area contributed by atoms with Gasteiger partial charge in [-0.25, -0.2) is 12.8 Å². The van der Waals surface area contributed by atoms with E-state index in [1.165, 1.54) is 29.2 Å². The first-order valence-electron chi connectivity index (χ1n) is 13.9. The monoisotopic (exact) mass is 581 g/mol. The number of hydrogen-bond donors (Lipinski definition) is 1. The molecule has 0 saturated heterocycles. The number of carbonyl (C=O) groups is 2. The van der Waals surface area contributed by atoms with Gasteiger partial charge in [0.05, 0.1) is 10.6 Å². The van der Waals surface area contributed by atoms with Gasteiger partial charge in [0.25, 0.3) is 10.0 Å². The van der Waals surface area contributed by atoms with Crippen molar-refractivity contribution in [1.29, 1.82) is 0 Å². The third-order valence-corrected chi connectivity index (χ3v) is 9.16. The van der Waals surface area contributed by atoms with Crippen molar-refractivity contribution in [3.63, 3.8) is 0 Å². The maximum Gasteiger partial charge on any atom is 0.264 e. The number of rotatable bonds is 12. The topological polar surface area (TPSA) is 86.8 Å². The van der Waals surface area contributed by atoms with E-state index >= 15 is 0 Å². The number of hydrogen-bond acceptors (Lipinski definition) is 4. The lowest BCUT2D eigenvalue weighted by Gasteiger charge is -2.34. The Labute approximate surface area is 243 Å². The van der Waals surface area contributed by atoms with Gasteiger partial charge in [-0.05, 0) is 87.6 Å². The number of sulfonamides is 1. The Balaban J connectivity index is 2.10. The summed E-state index contributed by atoms with van der Waals surface area (Å²) < 4.78 is 42.9. The molecule has 220 valence electrons. The van der Waals surface area contributed by atoms with Crippen LogP contribution in [0.25, 0.3) is 0 Å². The maximum absolute atomic E-state index is 14.2. The van der Waals surface area contributed by atoms with Gasteiger partial charge < -0.3 is 10.2 Å². The number of nitrogens with one attached hydrogen (secondary N) is 1. The minimum absolute atomic E-state index is 0.0107. The average molecular weight is 582 g/mol. The van der Waals surface area contributed by atoms with Gasteiger partial charge in [0.2, 0.25) is 11.8 Å². The molecule has 0 aliphatic rings. The van der Waals surface area contributed by atoms with Crippen LogP contribution in [-0.4, -0.2) is 43.8 Å². The lowest BCUT2D eigenvalue weighted by Crippen LogP contribution is -2.53. The number of halogens is 1. The van der Waals surface area contributed by atoms with Crippen LogP contribution in [0, 0.1) is 26.6 Å². The Morgan fingerprint density at radius 3 is 2.12 bits per heavy atom. The van der Waals surface area contributed by atoms with Gasteiger partial charge in [-0.3, -0.25) is 13.9 Å². The van der Waals surface area contributed by atoms with Crippen molar-refractivity contribution >= 4 is 27.5 Å². The fourth-order valence-electron chi connectivity index (χ4n) is 4.50. The van der Waals surface area contributed by atoms with Crippen molar-refractivity contribution in [3.05, 3.63) is 94.8 Å². The fraction of sp³-hybridized carbons (Fsp3) is 0.375. The molecule has 2 atom stereocenters. The van der Waals surface area contributed by atoms with E-state index in [2.05, 4.69) is 5.32 Å². The van der Waals surface area contributed by atoms with Crippen LogP contribution in [-0.2, 0) is 26.2 Å². The van der Waals surface area contributed by atoms with E-state index in [1.807, 2.05) is 40.7 Å². The molecule has 2 amide bonds. The summed E-state index contributed by atoms with van der Waals surface area (Å²) in [6, 6.07) is 16.5. The van der Waals surface area contributed by atoms with Crippen LogP contribution in [0.2, 0.25) is 0 Å². The molecule has 0 aliphatic heterocycles. The van der Waals surface area contributed by atoms with Crippen LogP contribution in [0.4, 0.5) is 10.1 Å². The molecule has 0 heterocycles. The van der Waals surface area contributed by atoms with E-state index in [-0.39, 0.29) is 23.4 Å². The summed E-state index contributed by atoms with van der Waals surface area (Å²) in [6.45, 7) is 10.7. The molecule has 1 N–H and O–H groups in total. The second-order valence-corrected chi connectivity index (χ2v) is 12.3. The van der Waals surface area contributed by atoms with Crippen LogP contribution in [0.1, 0.15) is 55.9 Å². The Hall–Kier alpha value is -3.72. The maximum atomic E-state index is 14.2. The molecule has 0 saturated carbocycles. The Bertz CT molecular complexity index is 1460. The summed E-state index contributed by atoms with van der Waals surface area (Å²) in [6.07, 6.45) is 1.02. The van der Waals surface area contributed by atoms with Crippen molar-refractivity contribution in [2.75, 3.05) is 10.8 Å². The summed E-state index contributed by atoms with van der Waals surface area (Å²) >= 11 is 0. The number of carbonyl (C=O) groups excluding carboxylic acids is 2. The smallest absolute Gasteiger partial charge is 0.264 e. The normalized spacial score (nSPS) is 12.9. The van der Waals surface area contributed by atoms with Gasteiger partial charge in [0, 0.05) is 12.6 Å². The van der Waals surface area contributed by atoms with Crippen LogP contribution in [0.3, 0.4) is 0 Å². The molecule has 0 fully saturated rings. The molecule has 7 nitrogen and oxygen atoms in total. The van der Waals surface area contributed by atoms with Crippen molar-refractivity contribution in [1.82, 2.24) is 10.2 Å². The number of benzene rings is 3. The Kier molecular flexibility index (Phi) is 10.7. The van der Waals surface area contributed by atoms with Gasteiger partial charge in [0.15, 0.2) is 0 Å². The van der Waals surface area contributed by atoms with E-state index in [1.54, 1.807) is 43.3 Å². The standard InChI is InChI=1S/C32H40FN3O4S/c1-7-24(5)34-32(38)29(8-2)35(20-26-14-16-27(33)17-15-26)31(37)21-36(30-11-9-10-23(4)25(30)6)41(39,40)28-18-12-22(3)13-19-28/h9-19,24,29H,7-8,20-21H2,1-6H3,(H,34,38)/t24-,29-/m0/s1. The summed E-state index contributed by atoms with van der Waals surface area (Å²) in [7, 11) is -4.16. The average Bonchev–Trinajstić information content (AvgIpc) is 2.94. The van der Waals surface area contributed by atoms with Gasteiger partial charge in [-0.2, -0.15) is 0 Å². The molecule has 0 radical (unpaired) electrons. The van der Waals surface area contributed by atoms with Crippen molar-refractivity contribution in [3.8, 4) is 0 Å². The SMILES string of the molecule is CC[C@H](C)NC(=O)[C@H](CC)N(Cc1ccc(F)cc1)C(=O)CN(c1cccc(C)c1C)S(=O)(=O)c1ccc(C)cc1. The van der Waals surface area contributed by atoms with Crippen molar-refractivity contribution < 1.29 is 22.4 Å². The molecular formula is C32H40FN3O4S. The molecule has 3 rings (SSSR count). The van der Waals surface area contributed by atoms with E-state index in [4.69, 9.17) is 0 Å². The first-order chi connectivity index (χ1) is 19.4. The number of nitrogens with zero attached hydrogens (tertiary/aromatic N) is 2. The molecule has 9 heteroatoms. The van der Waals surface area contributed by atoms with E-state index in [0.29, 0.717) is 24.1 Å². The lowest BCUT2D eigenvalue weighted by molar-refractivity contribution is -0.140. The van der Waals surface area contributed by atoms with Crippen molar-refractivity contribution in [2.24, 2.45) is 0 Å². The number of amides is 2. The summed E-state index contributed by atoms with van der Waals surface area (Å²) in [4.78, 5) is 28.9. The zero-order valence-corrected chi connectivity index (χ0v) is 25.5. The molecular weight excluding hydrogens is 541 g/mol. The van der Waals surface area contributed by atoms with Crippen molar-refractivity contribution in [2.45, 2.75) is 77.9 Å². The summed E-state index contributed by atoms with van der Waals surface area (Å²) in [5, 5.41) is 2.95. The van der Waals surface area contributed by atoms with Crippen LogP contribution >= 0.6 is 0 Å². The first kappa shape index (κ1) is 31.8. The third kappa shape index (κ3) is 7.73. The molecule has 41 heavy (non-hydrogen) atoms. The Morgan fingerprint density at radius 1 is 0.902 bits per heavy atom. The predicted octanol–water partition coefficient (Wildman–Crippen LogP) is 5.67. The molecule has 0 spiro atoms. The summed E-state index contributed by atoms with van der Waals surface area (Å²) in [5.74, 6) is -1.28. The van der Waals surface area contributed by atoms with Crippen LogP contribution in [0.5, 0.6) is 0 Å². The minimum atomic E-state index is -4.16. The fourth-order valence-corrected chi connectivity index (χ4v) is 5.98. The predicted molar refractivity (Wildman–Crippen MR) is 161 cm³/mol.